The molecular weight excluding hydrogens is 476 g/mol. The zero-order valence-corrected chi connectivity index (χ0v) is 20.8. The standard InChI is InChI=1S/C31H26N4O3/c1-37-28-16-14-25(15-17-28)31(36)33-32-20-26-21-35(27-10-6-3-7-11-27)34-30(26)24-12-18-29(19-13-24)38-22-23-8-4-2-5-9-23/h2-21H,22H2,1H3,(H,33,36). The molecule has 0 aliphatic heterocycles. The fraction of sp³-hybridized carbons (Fsp3) is 0.0645. The first-order valence-electron chi connectivity index (χ1n) is 12.1. The number of carbonyl (C=O) groups is 1. The lowest BCUT2D eigenvalue weighted by Crippen LogP contribution is -2.17. The van der Waals surface area contributed by atoms with Crippen LogP contribution in [0.15, 0.2) is 120 Å². The lowest BCUT2D eigenvalue weighted by Gasteiger charge is -2.07. The number of para-hydroxylation sites is 1. The van der Waals surface area contributed by atoms with E-state index in [2.05, 4.69) is 10.5 Å². The smallest absolute Gasteiger partial charge is 0.271 e. The highest BCUT2D eigenvalue weighted by Gasteiger charge is 2.12. The Morgan fingerprint density at radius 2 is 1.53 bits per heavy atom. The molecule has 1 amide bonds. The number of hydrogen-bond donors (Lipinski definition) is 1. The monoisotopic (exact) mass is 502 g/mol. The number of carbonyl (C=O) groups excluding carboxylic acids is 1. The van der Waals surface area contributed by atoms with Crippen LogP contribution in [0.4, 0.5) is 0 Å². The van der Waals surface area contributed by atoms with E-state index in [9.17, 15) is 4.79 Å². The Hall–Kier alpha value is -5.17. The van der Waals surface area contributed by atoms with E-state index in [1.54, 1.807) is 42.3 Å². The molecule has 7 nitrogen and oxygen atoms in total. The Balaban J connectivity index is 1.35. The Labute approximate surface area is 221 Å². The van der Waals surface area contributed by atoms with Crippen molar-refractivity contribution in [1.82, 2.24) is 15.2 Å². The molecule has 0 unspecified atom stereocenters. The molecule has 5 aromatic rings. The minimum atomic E-state index is -0.319. The summed E-state index contributed by atoms with van der Waals surface area (Å²) in [6.45, 7) is 0.495. The summed E-state index contributed by atoms with van der Waals surface area (Å²) >= 11 is 0. The van der Waals surface area contributed by atoms with E-state index in [0.717, 1.165) is 33.8 Å². The van der Waals surface area contributed by atoms with Gasteiger partial charge in [0, 0.05) is 22.9 Å². The summed E-state index contributed by atoms with van der Waals surface area (Å²) in [5.41, 5.74) is 7.46. The molecule has 1 N–H and O–H groups in total. The Morgan fingerprint density at radius 3 is 2.21 bits per heavy atom. The Bertz CT molecular complexity index is 1510. The molecule has 0 aliphatic rings. The number of hydrogen-bond acceptors (Lipinski definition) is 5. The van der Waals surface area contributed by atoms with Gasteiger partial charge in [0.15, 0.2) is 0 Å². The first-order valence-corrected chi connectivity index (χ1v) is 12.1. The van der Waals surface area contributed by atoms with E-state index in [0.29, 0.717) is 17.9 Å². The Kier molecular flexibility index (Phi) is 7.56. The molecule has 0 radical (unpaired) electrons. The van der Waals surface area contributed by atoms with Gasteiger partial charge in [0.2, 0.25) is 0 Å². The van der Waals surface area contributed by atoms with Crippen molar-refractivity contribution in [2.24, 2.45) is 5.10 Å². The van der Waals surface area contributed by atoms with Crippen LogP contribution in [0.3, 0.4) is 0 Å². The van der Waals surface area contributed by atoms with Gasteiger partial charge in [-0.1, -0.05) is 48.5 Å². The third-order valence-corrected chi connectivity index (χ3v) is 5.86. The predicted molar refractivity (Wildman–Crippen MR) is 148 cm³/mol. The number of methoxy groups -OCH3 is 1. The van der Waals surface area contributed by atoms with Gasteiger partial charge in [-0.2, -0.15) is 10.2 Å². The highest BCUT2D eigenvalue weighted by atomic mass is 16.5. The molecule has 0 saturated carbocycles. The quantitative estimate of drug-likeness (QED) is 0.201. The van der Waals surface area contributed by atoms with Crippen molar-refractivity contribution in [2.45, 2.75) is 6.61 Å². The molecule has 0 atom stereocenters. The van der Waals surface area contributed by atoms with Crippen LogP contribution >= 0.6 is 0 Å². The molecule has 5 rings (SSSR count). The highest BCUT2D eigenvalue weighted by molar-refractivity contribution is 5.95. The fourth-order valence-corrected chi connectivity index (χ4v) is 3.84. The molecule has 7 heteroatoms. The van der Waals surface area contributed by atoms with Gasteiger partial charge in [-0.15, -0.1) is 0 Å². The number of ether oxygens (including phenoxy) is 2. The van der Waals surface area contributed by atoms with Gasteiger partial charge in [-0.05, 0) is 66.2 Å². The SMILES string of the molecule is COc1ccc(C(=O)NN=Cc2cn(-c3ccccc3)nc2-c2ccc(OCc3ccccc3)cc2)cc1. The topological polar surface area (TPSA) is 77.7 Å². The molecule has 1 heterocycles. The van der Waals surface area contributed by atoms with Gasteiger partial charge in [0.05, 0.1) is 19.0 Å². The Morgan fingerprint density at radius 1 is 0.868 bits per heavy atom. The second-order valence-corrected chi connectivity index (χ2v) is 8.44. The van der Waals surface area contributed by atoms with Crippen molar-refractivity contribution in [2.75, 3.05) is 7.11 Å². The summed E-state index contributed by atoms with van der Waals surface area (Å²) in [4.78, 5) is 12.5. The van der Waals surface area contributed by atoms with Crippen molar-refractivity contribution in [3.05, 3.63) is 132 Å². The molecule has 38 heavy (non-hydrogen) atoms. The zero-order valence-electron chi connectivity index (χ0n) is 20.8. The van der Waals surface area contributed by atoms with Crippen LogP contribution in [0.5, 0.6) is 11.5 Å². The molecule has 188 valence electrons. The second kappa shape index (κ2) is 11.7. The van der Waals surface area contributed by atoms with Gasteiger partial charge < -0.3 is 9.47 Å². The maximum absolute atomic E-state index is 12.5. The van der Waals surface area contributed by atoms with E-state index < -0.39 is 0 Å². The van der Waals surface area contributed by atoms with Crippen LogP contribution in [0.1, 0.15) is 21.5 Å². The number of benzene rings is 4. The second-order valence-electron chi connectivity index (χ2n) is 8.44. The van der Waals surface area contributed by atoms with E-state index in [1.165, 1.54) is 0 Å². The first kappa shape index (κ1) is 24.5. The van der Waals surface area contributed by atoms with Crippen LogP contribution < -0.4 is 14.9 Å². The van der Waals surface area contributed by atoms with Crippen molar-refractivity contribution in [3.8, 4) is 28.4 Å². The number of hydrazone groups is 1. The fourth-order valence-electron chi connectivity index (χ4n) is 3.84. The highest BCUT2D eigenvalue weighted by Crippen LogP contribution is 2.25. The summed E-state index contributed by atoms with van der Waals surface area (Å²) < 4.78 is 12.9. The van der Waals surface area contributed by atoms with Gasteiger partial charge in [0.25, 0.3) is 5.91 Å². The average molecular weight is 503 g/mol. The maximum Gasteiger partial charge on any atom is 0.271 e. The van der Waals surface area contributed by atoms with Gasteiger partial charge in [-0.3, -0.25) is 4.79 Å². The van der Waals surface area contributed by atoms with Crippen molar-refractivity contribution < 1.29 is 14.3 Å². The van der Waals surface area contributed by atoms with Crippen LogP contribution in [0.25, 0.3) is 16.9 Å². The van der Waals surface area contributed by atoms with E-state index in [-0.39, 0.29) is 5.91 Å². The third kappa shape index (κ3) is 5.96. The van der Waals surface area contributed by atoms with Crippen LogP contribution in [-0.4, -0.2) is 29.0 Å². The van der Waals surface area contributed by atoms with Gasteiger partial charge >= 0.3 is 0 Å². The largest absolute Gasteiger partial charge is 0.497 e. The van der Waals surface area contributed by atoms with Crippen molar-refractivity contribution in [1.29, 1.82) is 0 Å². The molecule has 1 aromatic heterocycles. The van der Waals surface area contributed by atoms with Crippen molar-refractivity contribution >= 4 is 12.1 Å². The number of nitrogens with zero attached hydrogens (tertiary/aromatic N) is 3. The normalized spacial score (nSPS) is 10.9. The summed E-state index contributed by atoms with van der Waals surface area (Å²) in [6.07, 6.45) is 3.48. The first-order chi connectivity index (χ1) is 18.7. The number of rotatable bonds is 9. The average Bonchev–Trinajstić information content (AvgIpc) is 3.41. The number of nitrogens with one attached hydrogen (secondary N) is 1. The van der Waals surface area contributed by atoms with E-state index >= 15 is 0 Å². The molecule has 0 fully saturated rings. The molecule has 0 spiro atoms. The summed E-state index contributed by atoms with van der Waals surface area (Å²) in [6, 6.07) is 34.5. The molecule has 0 aliphatic carbocycles. The minimum Gasteiger partial charge on any atom is -0.497 e. The maximum atomic E-state index is 12.5. The molecule has 0 bridgehead atoms. The summed E-state index contributed by atoms with van der Waals surface area (Å²) in [5.74, 6) is 1.13. The van der Waals surface area contributed by atoms with Crippen molar-refractivity contribution in [3.63, 3.8) is 0 Å². The lowest BCUT2D eigenvalue weighted by molar-refractivity contribution is 0.0955. The molecule has 0 saturated heterocycles. The molecular formula is C31H26N4O3. The van der Waals surface area contributed by atoms with E-state index in [1.807, 2.05) is 91.1 Å². The number of aromatic nitrogens is 2. The van der Waals surface area contributed by atoms with Gasteiger partial charge in [-0.25, -0.2) is 10.1 Å². The summed E-state index contributed by atoms with van der Waals surface area (Å²) in [5, 5.41) is 9.01. The predicted octanol–water partition coefficient (Wildman–Crippen LogP) is 5.89. The zero-order chi connectivity index (χ0) is 26.2. The van der Waals surface area contributed by atoms with Gasteiger partial charge in [0.1, 0.15) is 23.8 Å². The summed E-state index contributed by atoms with van der Waals surface area (Å²) in [7, 11) is 1.58. The molecule has 4 aromatic carbocycles. The number of amides is 1. The lowest BCUT2D eigenvalue weighted by atomic mass is 10.1. The van der Waals surface area contributed by atoms with Crippen LogP contribution in [-0.2, 0) is 6.61 Å². The van der Waals surface area contributed by atoms with Crippen LogP contribution in [0.2, 0.25) is 0 Å². The minimum absolute atomic E-state index is 0.319. The van der Waals surface area contributed by atoms with Crippen LogP contribution in [0, 0.1) is 0 Å². The third-order valence-electron chi connectivity index (χ3n) is 5.86. The van der Waals surface area contributed by atoms with E-state index in [4.69, 9.17) is 14.6 Å².